The topological polar surface area (TPSA) is 72.9 Å². The molecule has 1 heterocycles. The highest BCUT2D eigenvalue weighted by Crippen LogP contribution is 2.16. The van der Waals surface area contributed by atoms with Crippen LogP contribution in [-0.2, 0) is 13.6 Å². The number of rotatable bonds is 3. The summed E-state index contributed by atoms with van der Waals surface area (Å²) < 4.78 is 14.9. The summed E-state index contributed by atoms with van der Waals surface area (Å²) in [5.74, 6) is -0.654. The first kappa shape index (κ1) is 13.2. The van der Waals surface area contributed by atoms with Gasteiger partial charge in [0.2, 0.25) is 0 Å². The van der Waals surface area contributed by atoms with Gasteiger partial charge in [0.15, 0.2) is 0 Å². The van der Waals surface area contributed by atoms with Gasteiger partial charge < -0.3 is 11.1 Å². The first-order valence-electron chi connectivity index (χ1n) is 5.81. The molecule has 0 atom stereocenters. The highest BCUT2D eigenvalue weighted by molar-refractivity contribution is 6.04. The van der Waals surface area contributed by atoms with Crippen LogP contribution in [0.15, 0.2) is 24.4 Å². The van der Waals surface area contributed by atoms with E-state index in [-0.39, 0.29) is 18.3 Å². The van der Waals surface area contributed by atoms with Crippen LogP contribution in [-0.4, -0.2) is 15.7 Å². The van der Waals surface area contributed by atoms with Crippen LogP contribution in [0.25, 0.3) is 0 Å². The maximum atomic E-state index is 13.3. The van der Waals surface area contributed by atoms with Crippen LogP contribution in [0.2, 0.25) is 0 Å². The maximum absolute atomic E-state index is 13.3. The smallest absolute Gasteiger partial charge is 0.259 e. The maximum Gasteiger partial charge on any atom is 0.259 e. The van der Waals surface area contributed by atoms with E-state index < -0.39 is 0 Å². The summed E-state index contributed by atoms with van der Waals surface area (Å²) in [5, 5.41) is 6.70. The molecule has 0 saturated carbocycles. The van der Waals surface area contributed by atoms with Gasteiger partial charge in [0.25, 0.3) is 5.91 Å². The van der Waals surface area contributed by atoms with Crippen LogP contribution in [0.1, 0.15) is 21.6 Å². The fourth-order valence-corrected chi connectivity index (χ4v) is 1.73. The van der Waals surface area contributed by atoms with Crippen LogP contribution in [0.3, 0.4) is 0 Å². The van der Waals surface area contributed by atoms with Crippen molar-refractivity contribution in [3.05, 3.63) is 47.0 Å². The second kappa shape index (κ2) is 5.19. The molecule has 1 aromatic heterocycles. The number of nitrogens with zero attached hydrogens (tertiary/aromatic N) is 2. The quantitative estimate of drug-likeness (QED) is 0.882. The summed E-state index contributed by atoms with van der Waals surface area (Å²) in [6.07, 6.45) is 1.50. The number of aromatic nitrogens is 2. The van der Waals surface area contributed by atoms with Crippen LogP contribution in [0.5, 0.6) is 0 Å². The van der Waals surface area contributed by atoms with E-state index in [4.69, 9.17) is 5.73 Å². The van der Waals surface area contributed by atoms with Gasteiger partial charge in [0.1, 0.15) is 5.82 Å². The van der Waals surface area contributed by atoms with Gasteiger partial charge in [-0.1, -0.05) is 0 Å². The standard InChI is InChI=1S/C13H15FN4O/c1-8-11(7-16-18(8)2)13(19)17-10-3-4-12(14)9(5-10)6-15/h3-5,7H,6,15H2,1-2H3,(H,17,19). The zero-order chi connectivity index (χ0) is 14.0. The number of hydrogen-bond acceptors (Lipinski definition) is 3. The van der Waals surface area contributed by atoms with Crippen LogP contribution in [0.4, 0.5) is 10.1 Å². The lowest BCUT2D eigenvalue weighted by molar-refractivity contribution is 0.102. The summed E-state index contributed by atoms with van der Waals surface area (Å²) in [5.41, 5.74) is 7.54. The number of carbonyl (C=O) groups excluding carboxylic acids is 1. The number of benzene rings is 1. The monoisotopic (exact) mass is 262 g/mol. The highest BCUT2D eigenvalue weighted by atomic mass is 19.1. The molecular weight excluding hydrogens is 247 g/mol. The minimum atomic E-state index is -0.377. The summed E-state index contributed by atoms with van der Waals surface area (Å²) in [6.45, 7) is 1.89. The third-order valence-corrected chi connectivity index (χ3v) is 3.00. The SMILES string of the molecule is Cc1c(C(=O)Nc2ccc(F)c(CN)c2)cnn1C. The van der Waals surface area contributed by atoms with Crippen LogP contribution >= 0.6 is 0 Å². The molecule has 0 aliphatic rings. The average molecular weight is 262 g/mol. The summed E-state index contributed by atoms with van der Waals surface area (Å²) in [4.78, 5) is 12.0. The van der Waals surface area contributed by atoms with Crippen molar-refractivity contribution in [3.8, 4) is 0 Å². The van der Waals surface area contributed by atoms with Crippen molar-refractivity contribution in [2.75, 3.05) is 5.32 Å². The van der Waals surface area contributed by atoms with Gasteiger partial charge in [-0.3, -0.25) is 9.48 Å². The van der Waals surface area contributed by atoms with E-state index in [2.05, 4.69) is 10.4 Å². The predicted molar refractivity (Wildman–Crippen MR) is 70.2 cm³/mol. The Bertz CT molecular complexity index is 621. The third-order valence-electron chi connectivity index (χ3n) is 3.00. The lowest BCUT2D eigenvalue weighted by Gasteiger charge is -2.07. The molecule has 2 aromatic rings. The largest absolute Gasteiger partial charge is 0.326 e. The number of nitrogens with two attached hydrogens (primary N) is 1. The molecule has 19 heavy (non-hydrogen) atoms. The van der Waals surface area contributed by atoms with Gasteiger partial charge in [-0.05, 0) is 25.1 Å². The third kappa shape index (κ3) is 2.63. The van der Waals surface area contributed by atoms with E-state index in [0.717, 1.165) is 5.69 Å². The number of hydrogen-bond donors (Lipinski definition) is 2. The molecule has 6 heteroatoms. The van der Waals surface area contributed by atoms with E-state index in [9.17, 15) is 9.18 Å². The average Bonchev–Trinajstić information content (AvgIpc) is 2.72. The minimum absolute atomic E-state index is 0.0848. The Morgan fingerprint density at radius 2 is 2.26 bits per heavy atom. The first-order valence-corrected chi connectivity index (χ1v) is 5.81. The zero-order valence-corrected chi connectivity index (χ0v) is 10.8. The molecule has 0 aliphatic carbocycles. The number of amides is 1. The molecule has 1 amide bonds. The van der Waals surface area contributed by atoms with Crippen molar-refractivity contribution in [2.24, 2.45) is 12.8 Å². The molecule has 100 valence electrons. The Hall–Kier alpha value is -2.21. The van der Waals surface area contributed by atoms with E-state index in [1.165, 1.54) is 24.4 Å². The Balaban J connectivity index is 2.22. The molecule has 5 nitrogen and oxygen atoms in total. The Morgan fingerprint density at radius 3 is 2.84 bits per heavy atom. The summed E-state index contributed by atoms with van der Waals surface area (Å²) >= 11 is 0. The van der Waals surface area contributed by atoms with Gasteiger partial charge in [0.05, 0.1) is 11.8 Å². The molecule has 0 aliphatic heterocycles. The van der Waals surface area contributed by atoms with Crippen LogP contribution < -0.4 is 11.1 Å². The number of nitrogens with one attached hydrogen (secondary N) is 1. The minimum Gasteiger partial charge on any atom is -0.326 e. The molecule has 0 saturated heterocycles. The fraction of sp³-hybridized carbons (Fsp3) is 0.231. The molecular formula is C13H15FN4O. The zero-order valence-electron chi connectivity index (χ0n) is 10.8. The Kier molecular flexibility index (Phi) is 3.62. The van der Waals surface area contributed by atoms with E-state index in [0.29, 0.717) is 16.8 Å². The molecule has 1 aromatic carbocycles. The lowest BCUT2D eigenvalue weighted by Crippen LogP contribution is -2.13. The number of aryl methyl sites for hydroxylation is 1. The number of anilines is 1. The van der Waals surface area contributed by atoms with Gasteiger partial charge in [-0.15, -0.1) is 0 Å². The Labute approximate surface area is 110 Å². The number of halogens is 1. The molecule has 3 N–H and O–H groups in total. The van der Waals surface area contributed by atoms with Crippen molar-refractivity contribution >= 4 is 11.6 Å². The van der Waals surface area contributed by atoms with Gasteiger partial charge in [-0.2, -0.15) is 5.10 Å². The lowest BCUT2D eigenvalue weighted by atomic mass is 10.1. The highest BCUT2D eigenvalue weighted by Gasteiger charge is 2.13. The van der Waals surface area contributed by atoms with E-state index >= 15 is 0 Å². The fourth-order valence-electron chi connectivity index (χ4n) is 1.73. The van der Waals surface area contributed by atoms with Crippen molar-refractivity contribution in [3.63, 3.8) is 0 Å². The first-order chi connectivity index (χ1) is 9.02. The predicted octanol–water partition coefficient (Wildman–Crippen LogP) is 1.58. The van der Waals surface area contributed by atoms with Crippen molar-refractivity contribution in [2.45, 2.75) is 13.5 Å². The number of carbonyl (C=O) groups is 1. The van der Waals surface area contributed by atoms with E-state index in [1.807, 2.05) is 0 Å². The molecule has 0 spiro atoms. The van der Waals surface area contributed by atoms with Crippen molar-refractivity contribution in [1.29, 1.82) is 0 Å². The summed E-state index contributed by atoms with van der Waals surface area (Å²) in [6, 6.07) is 4.31. The second-order valence-electron chi connectivity index (χ2n) is 4.23. The normalized spacial score (nSPS) is 10.5. The Morgan fingerprint density at radius 1 is 1.53 bits per heavy atom. The molecule has 0 radical (unpaired) electrons. The van der Waals surface area contributed by atoms with Gasteiger partial charge in [-0.25, -0.2) is 4.39 Å². The molecule has 2 rings (SSSR count). The van der Waals surface area contributed by atoms with Crippen LogP contribution in [0, 0.1) is 12.7 Å². The van der Waals surface area contributed by atoms with Crippen molar-refractivity contribution < 1.29 is 9.18 Å². The van der Waals surface area contributed by atoms with E-state index in [1.54, 1.807) is 18.7 Å². The second-order valence-corrected chi connectivity index (χ2v) is 4.23. The molecule has 0 bridgehead atoms. The molecule has 0 fully saturated rings. The molecule has 0 unspecified atom stereocenters. The van der Waals surface area contributed by atoms with Crippen molar-refractivity contribution in [1.82, 2.24) is 9.78 Å². The van der Waals surface area contributed by atoms with Gasteiger partial charge in [0, 0.05) is 30.5 Å². The summed E-state index contributed by atoms with van der Waals surface area (Å²) in [7, 11) is 1.76. The van der Waals surface area contributed by atoms with Gasteiger partial charge >= 0.3 is 0 Å².